The Morgan fingerprint density at radius 1 is 1.36 bits per heavy atom. The van der Waals surface area contributed by atoms with E-state index < -0.39 is 0 Å². The van der Waals surface area contributed by atoms with Crippen LogP contribution in [0.4, 0.5) is 0 Å². The molecule has 0 spiro atoms. The lowest BCUT2D eigenvalue weighted by atomic mass is 9.94. The number of halogens is 1. The molecule has 1 aromatic heterocycles. The van der Waals surface area contributed by atoms with Crippen molar-refractivity contribution in [3.8, 4) is 0 Å². The molecule has 0 saturated carbocycles. The maximum atomic E-state index is 6.07. The largest absolute Gasteiger partial charge is 0.443 e. The van der Waals surface area contributed by atoms with Crippen LogP contribution >= 0.6 is 11.6 Å². The van der Waals surface area contributed by atoms with Gasteiger partial charge in [-0.25, -0.2) is 9.98 Å². The Morgan fingerprint density at radius 2 is 2.12 bits per heavy atom. The molecule has 2 N–H and O–H groups in total. The summed E-state index contributed by atoms with van der Waals surface area (Å²) >= 11 is 6.07. The average Bonchev–Trinajstić information content (AvgIpc) is 3.02. The van der Waals surface area contributed by atoms with Crippen molar-refractivity contribution < 1.29 is 4.42 Å². The molecule has 0 bridgehead atoms. The van der Waals surface area contributed by atoms with Gasteiger partial charge in [0.05, 0.1) is 12.2 Å². The smallest absolute Gasteiger partial charge is 0.216 e. The van der Waals surface area contributed by atoms with E-state index >= 15 is 0 Å². The zero-order chi connectivity index (χ0) is 18.4. The van der Waals surface area contributed by atoms with Crippen LogP contribution in [0.1, 0.15) is 57.9 Å². The summed E-state index contributed by atoms with van der Waals surface area (Å²) in [4.78, 5) is 8.89. The number of aliphatic imine (C=N–C) groups is 1. The molecule has 6 heteroatoms. The van der Waals surface area contributed by atoms with Gasteiger partial charge in [-0.3, -0.25) is 0 Å². The minimum Gasteiger partial charge on any atom is -0.443 e. The van der Waals surface area contributed by atoms with Gasteiger partial charge in [0.25, 0.3) is 0 Å². The molecule has 0 fully saturated rings. The van der Waals surface area contributed by atoms with Crippen molar-refractivity contribution in [2.24, 2.45) is 4.99 Å². The molecule has 136 valence electrons. The van der Waals surface area contributed by atoms with Crippen molar-refractivity contribution in [1.82, 2.24) is 15.6 Å². The molecule has 0 aliphatic heterocycles. The molecule has 0 amide bonds. The lowest BCUT2D eigenvalue weighted by Gasteiger charge is -2.18. The van der Waals surface area contributed by atoms with Gasteiger partial charge in [-0.15, -0.1) is 0 Å². The van der Waals surface area contributed by atoms with Crippen LogP contribution in [0.3, 0.4) is 0 Å². The van der Waals surface area contributed by atoms with Crippen molar-refractivity contribution in [1.29, 1.82) is 0 Å². The van der Waals surface area contributed by atoms with E-state index in [-0.39, 0.29) is 11.5 Å². The van der Waals surface area contributed by atoms with Gasteiger partial charge in [0.1, 0.15) is 12.3 Å². The molecular weight excluding hydrogens is 336 g/mol. The predicted molar refractivity (Wildman–Crippen MR) is 103 cm³/mol. The number of rotatable bonds is 5. The number of benzene rings is 1. The van der Waals surface area contributed by atoms with E-state index in [9.17, 15) is 0 Å². The third kappa shape index (κ3) is 5.78. The van der Waals surface area contributed by atoms with E-state index in [0.717, 1.165) is 22.9 Å². The first kappa shape index (κ1) is 19.3. The van der Waals surface area contributed by atoms with Gasteiger partial charge >= 0.3 is 0 Å². The van der Waals surface area contributed by atoms with Gasteiger partial charge in [-0.05, 0) is 31.5 Å². The van der Waals surface area contributed by atoms with Crippen LogP contribution in [0.2, 0.25) is 5.02 Å². The van der Waals surface area contributed by atoms with E-state index in [4.69, 9.17) is 16.0 Å². The fraction of sp³-hybridized carbons (Fsp3) is 0.474. The van der Waals surface area contributed by atoms with Gasteiger partial charge in [0.15, 0.2) is 5.96 Å². The third-order valence-corrected chi connectivity index (χ3v) is 3.95. The molecule has 25 heavy (non-hydrogen) atoms. The zero-order valence-corrected chi connectivity index (χ0v) is 16.3. The topological polar surface area (TPSA) is 62.5 Å². The van der Waals surface area contributed by atoms with Gasteiger partial charge in [-0.1, -0.05) is 44.5 Å². The Balaban J connectivity index is 2.06. The van der Waals surface area contributed by atoms with Crippen molar-refractivity contribution >= 4 is 17.6 Å². The first-order chi connectivity index (χ1) is 11.8. The molecule has 0 saturated heterocycles. The Morgan fingerprint density at radius 3 is 2.72 bits per heavy atom. The quantitative estimate of drug-likeness (QED) is 0.609. The second kappa shape index (κ2) is 8.39. The Kier molecular flexibility index (Phi) is 6.48. The molecule has 1 unspecified atom stereocenters. The van der Waals surface area contributed by atoms with Crippen LogP contribution in [-0.2, 0) is 12.0 Å². The van der Waals surface area contributed by atoms with Crippen molar-refractivity contribution in [3.63, 3.8) is 0 Å². The zero-order valence-electron chi connectivity index (χ0n) is 15.6. The van der Waals surface area contributed by atoms with Crippen molar-refractivity contribution in [2.45, 2.75) is 52.6 Å². The summed E-state index contributed by atoms with van der Waals surface area (Å²) in [5.41, 5.74) is 1.04. The highest BCUT2D eigenvalue weighted by atomic mass is 35.5. The number of nitrogens with zero attached hydrogens (tertiary/aromatic N) is 2. The van der Waals surface area contributed by atoms with Crippen molar-refractivity contribution in [3.05, 3.63) is 52.7 Å². The van der Waals surface area contributed by atoms with Crippen molar-refractivity contribution in [2.75, 3.05) is 6.54 Å². The lowest BCUT2D eigenvalue weighted by molar-refractivity contribution is 0.383. The molecule has 1 atom stereocenters. The van der Waals surface area contributed by atoms with E-state index in [2.05, 4.69) is 48.3 Å². The van der Waals surface area contributed by atoms with E-state index in [1.807, 2.05) is 31.2 Å². The third-order valence-electron chi connectivity index (χ3n) is 3.71. The summed E-state index contributed by atoms with van der Waals surface area (Å²) < 4.78 is 5.79. The first-order valence-electron chi connectivity index (χ1n) is 8.55. The number of nitrogens with one attached hydrogen (secondary N) is 2. The van der Waals surface area contributed by atoms with Crippen LogP contribution < -0.4 is 10.6 Å². The first-order valence-corrected chi connectivity index (χ1v) is 8.93. The van der Waals surface area contributed by atoms with E-state index in [1.165, 1.54) is 0 Å². The normalized spacial score (nSPS) is 13.6. The lowest BCUT2D eigenvalue weighted by Crippen LogP contribution is -2.38. The molecule has 0 radical (unpaired) electrons. The second-order valence-corrected chi connectivity index (χ2v) is 7.42. The average molecular weight is 363 g/mol. The molecule has 1 aromatic carbocycles. The van der Waals surface area contributed by atoms with Crippen LogP contribution in [0.5, 0.6) is 0 Å². The van der Waals surface area contributed by atoms with Gasteiger partial charge in [0.2, 0.25) is 5.89 Å². The molecule has 2 aromatic rings. The molecule has 2 rings (SSSR count). The summed E-state index contributed by atoms with van der Waals surface area (Å²) in [6.45, 7) is 11.5. The summed E-state index contributed by atoms with van der Waals surface area (Å²) in [6, 6.07) is 7.88. The Labute approximate surface area is 154 Å². The number of hydrogen-bond acceptors (Lipinski definition) is 3. The summed E-state index contributed by atoms with van der Waals surface area (Å²) in [7, 11) is 0. The molecule has 1 heterocycles. The van der Waals surface area contributed by atoms with Gasteiger partial charge in [0, 0.05) is 17.0 Å². The summed E-state index contributed by atoms with van der Waals surface area (Å²) in [5, 5.41) is 7.35. The van der Waals surface area contributed by atoms with E-state index in [1.54, 1.807) is 6.20 Å². The van der Waals surface area contributed by atoms with Gasteiger partial charge in [-0.2, -0.15) is 0 Å². The number of hydrogen-bond donors (Lipinski definition) is 2. The Hall–Kier alpha value is -2.01. The van der Waals surface area contributed by atoms with Crippen LogP contribution in [-0.4, -0.2) is 17.5 Å². The van der Waals surface area contributed by atoms with Crippen LogP contribution in [0, 0.1) is 0 Å². The molecule has 5 nitrogen and oxygen atoms in total. The molecule has 0 aliphatic carbocycles. The highest BCUT2D eigenvalue weighted by molar-refractivity contribution is 6.30. The fourth-order valence-corrected chi connectivity index (χ4v) is 2.46. The summed E-state index contributed by atoms with van der Waals surface area (Å²) in [5.74, 6) is 2.19. The standard InChI is InChI=1S/C19H27ClN4O/c1-6-21-18(24-13(2)14-8-7-9-15(20)10-14)23-12-17-22-11-16(25-17)19(3,4)5/h7-11,13H,6,12H2,1-5H3,(H2,21,23,24). The Bertz CT molecular complexity index is 718. The highest BCUT2D eigenvalue weighted by Crippen LogP contribution is 2.23. The highest BCUT2D eigenvalue weighted by Gasteiger charge is 2.19. The maximum Gasteiger partial charge on any atom is 0.216 e. The number of oxazole rings is 1. The maximum absolute atomic E-state index is 6.07. The minimum absolute atomic E-state index is 0.0567. The van der Waals surface area contributed by atoms with E-state index in [0.29, 0.717) is 18.4 Å². The summed E-state index contributed by atoms with van der Waals surface area (Å²) in [6.07, 6.45) is 1.78. The van der Waals surface area contributed by atoms with Gasteiger partial charge < -0.3 is 15.1 Å². The minimum atomic E-state index is -0.0567. The monoisotopic (exact) mass is 362 g/mol. The molecule has 0 aliphatic rings. The predicted octanol–water partition coefficient (Wildman–Crippen LogP) is 4.44. The fourth-order valence-electron chi connectivity index (χ4n) is 2.26. The molecular formula is C19H27ClN4O. The number of aromatic nitrogens is 1. The SMILES string of the molecule is CCNC(=NCc1ncc(C(C)(C)C)o1)NC(C)c1cccc(Cl)c1. The number of guanidine groups is 1. The van der Waals surface area contributed by atoms with Crippen LogP contribution in [0.15, 0.2) is 39.9 Å². The van der Waals surface area contributed by atoms with Crippen LogP contribution in [0.25, 0.3) is 0 Å². The second-order valence-electron chi connectivity index (χ2n) is 6.98.